The third-order valence-corrected chi connectivity index (χ3v) is 5.37. The quantitative estimate of drug-likeness (QED) is 0.156. The van der Waals surface area contributed by atoms with Gasteiger partial charge in [0.25, 0.3) is 0 Å². The molecule has 0 aromatic rings. The van der Waals surface area contributed by atoms with E-state index in [9.17, 15) is 29.3 Å². The number of unbranched alkanes of at least 4 members (excludes halogenated alkanes) is 9. The first-order valence-corrected chi connectivity index (χ1v) is 9.60. The molecule has 134 valence electrons. The first kappa shape index (κ1) is 30.7. The number of hydrogen-bond donors (Lipinski definition) is 0. The molecule has 0 N–H and O–H groups in total. The van der Waals surface area contributed by atoms with Crippen LogP contribution in [0.5, 0.6) is 0 Å². The monoisotopic (exact) mass is 392 g/mol. The molecule has 0 heterocycles. The van der Waals surface area contributed by atoms with Gasteiger partial charge in [0.1, 0.15) is 0 Å². The first-order valence-electron chi connectivity index (χ1n) is 8.42. The smallest absolute Gasteiger partial charge is 0.595 e. The molecule has 0 fully saturated rings. The van der Waals surface area contributed by atoms with Crippen LogP contribution in [0.2, 0.25) is 0 Å². The van der Waals surface area contributed by atoms with Crippen LogP contribution < -0.4 is 74.2 Å². The Labute approximate surface area is 196 Å². The third kappa shape index (κ3) is 13.8. The van der Waals surface area contributed by atoms with Crippen molar-refractivity contribution in [3.63, 3.8) is 0 Å². The Balaban J connectivity index is -0.00000242. The zero-order valence-corrected chi connectivity index (χ0v) is 20.8. The summed E-state index contributed by atoms with van der Waals surface area (Å²) in [7, 11) is -3.44. The molecule has 0 bridgehead atoms. The molecule has 0 radical (unpaired) electrons. The predicted octanol–water partition coefficient (Wildman–Crippen LogP) is -4.96. The fraction of sp³-hybridized carbons (Fsp3) is 0.875. The second-order valence-corrected chi connectivity index (χ2v) is 7.43. The normalized spacial score (nSPS) is 13.1. The van der Waals surface area contributed by atoms with Crippen molar-refractivity contribution >= 4 is 20.0 Å². The van der Waals surface area contributed by atoms with Crippen LogP contribution in [-0.2, 0) is 14.2 Å². The third-order valence-electron chi connectivity index (χ3n) is 4.11. The largest absolute Gasteiger partial charge is 1.00 e. The Hall–Kier alpha value is 1.00. The number of carbonyl (C=O) groups is 2. The number of hydrogen-bond acceptors (Lipinski definition) is 6. The molecule has 0 aromatic heterocycles. The topological polar surface area (TPSA) is 120 Å². The van der Waals surface area contributed by atoms with Gasteiger partial charge in [0.2, 0.25) is 5.16 Å². The summed E-state index contributed by atoms with van der Waals surface area (Å²) in [6.45, 7) is 2.17. The van der Waals surface area contributed by atoms with Crippen LogP contribution in [0.3, 0.4) is 0 Å². The van der Waals surface area contributed by atoms with E-state index in [0.717, 1.165) is 19.3 Å². The van der Waals surface area contributed by atoms with Crippen LogP contribution in [0.25, 0.3) is 0 Å². The molecule has 0 rings (SSSR count). The van der Waals surface area contributed by atoms with Crippen molar-refractivity contribution in [1.82, 2.24) is 0 Å². The van der Waals surface area contributed by atoms with Crippen LogP contribution in [0.4, 0.5) is 0 Å². The van der Waals surface area contributed by atoms with Crippen molar-refractivity contribution in [3.05, 3.63) is 0 Å². The summed E-state index contributed by atoms with van der Waals surface area (Å²) >= 11 is 0. The summed E-state index contributed by atoms with van der Waals surface area (Å²) in [6.07, 6.45) is 8.90. The molecule has 9 heteroatoms. The van der Waals surface area contributed by atoms with E-state index in [1.54, 1.807) is 0 Å². The van der Waals surface area contributed by atoms with Gasteiger partial charge in [-0.1, -0.05) is 69.3 Å². The van der Waals surface area contributed by atoms with E-state index in [4.69, 9.17) is 0 Å². The summed E-state index contributed by atoms with van der Waals surface area (Å²) in [5.74, 6) is -3.55. The minimum absolute atomic E-state index is 0. The van der Waals surface area contributed by atoms with Crippen LogP contribution in [0.15, 0.2) is 0 Å². The number of carboxylic acid groups (broad SMARTS) is 2. The number of carboxylic acids is 2. The van der Waals surface area contributed by atoms with Gasteiger partial charge in [-0.15, -0.1) is 0 Å². The summed E-state index contributed by atoms with van der Waals surface area (Å²) in [4.78, 5) is 33.0. The maximum Gasteiger partial charge on any atom is 1.00 e. The number of aliphatic carboxylic acids is 2. The van der Waals surface area contributed by atoms with Crippen molar-refractivity contribution in [3.8, 4) is 0 Å². The fourth-order valence-electron chi connectivity index (χ4n) is 2.64. The molecule has 2 unspecified atom stereocenters. The van der Waals surface area contributed by atoms with Crippen molar-refractivity contribution in [2.45, 2.75) is 89.1 Å². The zero-order valence-electron chi connectivity index (χ0n) is 15.9. The van der Waals surface area contributed by atoms with Crippen molar-refractivity contribution in [2.75, 3.05) is 0 Å². The van der Waals surface area contributed by atoms with E-state index in [-0.39, 0.29) is 65.5 Å². The number of carbonyl (C=O) groups excluding carboxylic acids is 2. The second kappa shape index (κ2) is 18.4. The minimum Gasteiger partial charge on any atom is -0.595 e. The maximum atomic E-state index is 11.2. The molecule has 0 saturated heterocycles. The van der Waals surface area contributed by atoms with Gasteiger partial charge in [-0.3, -0.25) is 0 Å². The van der Waals surface area contributed by atoms with E-state index in [0.29, 0.717) is 12.8 Å². The summed E-state index contributed by atoms with van der Waals surface area (Å²) < 4.78 is 11.2. The Morgan fingerprint density at radius 3 is 1.56 bits per heavy atom. The second-order valence-electron chi connectivity index (χ2n) is 6.06. The molecule has 0 saturated carbocycles. The van der Waals surface area contributed by atoms with E-state index in [1.807, 2.05) is 0 Å². The number of rotatable bonds is 15. The van der Waals surface area contributed by atoms with E-state index >= 15 is 0 Å². The SMILES string of the molecule is CCCCCCCCCCCCC(CC(=O)[O-])(C(=O)[O-])[P+](=O)[O-].[Na+].[Na+]. The molecule has 0 aliphatic rings. The van der Waals surface area contributed by atoms with Crippen molar-refractivity contribution in [1.29, 1.82) is 0 Å². The Kier molecular flexibility index (Phi) is 22.6. The van der Waals surface area contributed by atoms with Gasteiger partial charge < -0.3 is 24.7 Å². The average molecular weight is 392 g/mol. The molecule has 0 aliphatic carbocycles. The molecule has 0 amide bonds. The van der Waals surface area contributed by atoms with Gasteiger partial charge >= 0.3 is 67.1 Å². The van der Waals surface area contributed by atoms with Gasteiger partial charge in [0.15, 0.2) is 0 Å². The molecule has 0 spiro atoms. The van der Waals surface area contributed by atoms with Crippen LogP contribution in [0.1, 0.15) is 84.0 Å². The van der Waals surface area contributed by atoms with Gasteiger partial charge in [0, 0.05) is 18.8 Å². The Morgan fingerprint density at radius 1 is 0.840 bits per heavy atom. The summed E-state index contributed by atoms with van der Waals surface area (Å²) in [5, 5.41) is 19.4. The van der Waals surface area contributed by atoms with Gasteiger partial charge in [0.05, 0.1) is 5.97 Å². The first-order chi connectivity index (χ1) is 10.9. The van der Waals surface area contributed by atoms with Crippen LogP contribution >= 0.6 is 8.03 Å². The Morgan fingerprint density at radius 2 is 1.24 bits per heavy atom. The van der Waals surface area contributed by atoms with Gasteiger partial charge in [-0.05, 0) is 6.42 Å². The van der Waals surface area contributed by atoms with Gasteiger partial charge in [-0.2, -0.15) is 0 Å². The molecule has 0 aromatic carbocycles. The van der Waals surface area contributed by atoms with E-state index in [2.05, 4.69) is 6.92 Å². The van der Waals surface area contributed by atoms with Crippen LogP contribution in [-0.4, -0.2) is 17.1 Å². The molecular formula is C16H27Na2O6P. The zero-order chi connectivity index (χ0) is 17.7. The summed E-state index contributed by atoms with van der Waals surface area (Å²) in [6, 6.07) is 0. The fourth-order valence-corrected chi connectivity index (χ4v) is 3.38. The average Bonchev–Trinajstić information content (AvgIpc) is 2.46. The molecule has 6 nitrogen and oxygen atoms in total. The van der Waals surface area contributed by atoms with Gasteiger partial charge in [-0.25, -0.2) is 0 Å². The Bertz CT molecular complexity index is 379. The van der Waals surface area contributed by atoms with Crippen LogP contribution in [0, 0.1) is 0 Å². The standard InChI is InChI=1S/C16H29O6P.2Na/c1-2-3-4-5-6-7-8-9-10-11-12-16(15(19)20,23(21)22)13-14(17)18;;/h2-13H2,1H3,(H,17,18)(H,19,20);;/q;2*+1/p-2. The minimum atomic E-state index is -3.44. The van der Waals surface area contributed by atoms with E-state index < -0.39 is 31.5 Å². The molecule has 25 heavy (non-hydrogen) atoms. The van der Waals surface area contributed by atoms with Crippen molar-refractivity contribution in [2.24, 2.45) is 0 Å². The molecule has 2 atom stereocenters. The maximum absolute atomic E-state index is 11.2. The predicted molar refractivity (Wildman–Crippen MR) is 81.4 cm³/mol. The summed E-state index contributed by atoms with van der Waals surface area (Å²) in [5.41, 5.74) is 0. The molecular weight excluding hydrogens is 365 g/mol. The van der Waals surface area contributed by atoms with Crippen molar-refractivity contribution < 1.29 is 88.4 Å². The molecule has 0 aliphatic heterocycles. The van der Waals surface area contributed by atoms with E-state index in [1.165, 1.54) is 32.1 Å².